The summed E-state index contributed by atoms with van der Waals surface area (Å²) in [4.78, 5) is 26.1. The molecule has 0 aliphatic rings. The first-order valence-corrected chi connectivity index (χ1v) is 9.13. The molecule has 1 aromatic rings. The molecule has 0 aliphatic heterocycles. The number of nitrogens with zero attached hydrogens (tertiary/aromatic N) is 1. The Bertz CT molecular complexity index is 550. The van der Waals surface area contributed by atoms with Crippen LogP contribution < -0.4 is 10.6 Å². The predicted molar refractivity (Wildman–Crippen MR) is 103 cm³/mol. The molecular formula is C19H30ClN3O2. The van der Waals surface area contributed by atoms with Crippen LogP contribution in [0.15, 0.2) is 24.3 Å². The van der Waals surface area contributed by atoms with Gasteiger partial charge in [0.1, 0.15) is 0 Å². The topological polar surface area (TPSA) is 61.4 Å². The lowest BCUT2D eigenvalue weighted by atomic mass is 10.0. The molecule has 0 spiro atoms. The highest BCUT2D eigenvalue weighted by Gasteiger charge is 2.18. The number of hydrogen-bond donors (Lipinski definition) is 2. The lowest BCUT2D eigenvalue weighted by Crippen LogP contribution is -2.43. The van der Waals surface area contributed by atoms with Gasteiger partial charge in [-0.3, -0.25) is 14.5 Å². The minimum atomic E-state index is -0.360. The van der Waals surface area contributed by atoms with Crippen LogP contribution in [0.5, 0.6) is 0 Å². The third kappa shape index (κ3) is 7.88. The van der Waals surface area contributed by atoms with Gasteiger partial charge in [-0.15, -0.1) is 0 Å². The van der Waals surface area contributed by atoms with Gasteiger partial charge in [0.2, 0.25) is 11.8 Å². The van der Waals surface area contributed by atoms with Crippen LogP contribution in [-0.4, -0.2) is 41.9 Å². The lowest BCUT2D eigenvalue weighted by Gasteiger charge is -2.30. The molecule has 2 N–H and O–H groups in total. The van der Waals surface area contributed by atoms with Crippen LogP contribution >= 0.6 is 11.6 Å². The van der Waals surface area contributed by atoms with Gasteiger partial charge in [0.25, 0.3) is 0 Å². The van der Waals surface area contributed by atoms with E-state index in [0.717, 1.165) is 12.1 Å². The highest BCUT2D eigenvalue weighted by Crippen LogP contribution is 2.19. The van der Waals surface area contributed by atoms with Crippen LogP contribution in [-0.2, 0) is 9.59 Å². The number of amides is 2. The molecule has 0 fully saturated rings. The Labute approximate surface area is 156 Å². The fourth-order valence-electron chi connectivity index (χ4n) is 2.89. The van der Waals surface area contributed by atoms with Crippen LogP contribution in [0.25, 0.3) is 0 Å². The molecule has 0 radical (unpaired) electrons. The van der Waals surface area contributed by atoms with Crippen molar-refractivity contribution in [2.75, 3.05) is 13.1 Å². The molecule has 0 saturated heterocycles. The summed E-state index contributed by atoms with van der Waals surface area (Å²) in [5.74, 6) is -0.250. The number of halogens is 1. The number of rotatable bonds is 9. The standard InChI is InChI=1S/C19H30ClN3O2/c1-13(2)23(14(3)4)11-10-21-19(25)12-18(22-15(5)24)16-6-8-17(20)9-7-16/h6-9,13-14,18H,10-12H2,1-5H3,(H,21,25)(H,22,24). The van der Waals surface area contributed by atoms with Gasteiger partial charge < -0.3 is 10.6 Å². The zero-order chi connectivity index (χ0) is 19.0. The molecule has 25 heavy (non-hydrogen) atoms. The monoisotopic (exact) mass is 367 g/mol. The Balaban J connectivity index is 2.60. The van der Waals surface area contributed by atoms with Crippen molar-refractivity contribution < 1.29 is 9.59 Å². The van der Waals surface area contributed by atoms with Crippen LogP contribution in [0.3, 0.4) is 0 Å². The summed E-state index contributed by atoms with van der Waals surface area (Å²) in [6, 6.07) is 7.67. The first kappa shape index (κ1) is 21.5. The van der Waals surface area contributed by atoms with Crippen LogP contribution in [0.1, 0.15) is 52.6 Å². The third-order valence-corrected chi connectivity index (χ3v) is 4.31. The average Bonchev–Trinajstić information content (AvgIpc) is 2.50. The molecule has 0 aliphatic carbocycles. The van der Waals surface area contributed by atoms with E-state index in [0.29, 0.717) is 23.7 Å². The van der Waals surface area contributed by atoms with E-state index in [1.807, 2.05) is 12.1 Å². The van der Waals surface area contributed by atoms with Gasteiger partial charge in [-0.1, -0.05) is 23.7 Å². The van der Waals surface area contributed by atoms with Crippen LogP contribution in [0, 0.1) is 0 Å². The van der Waals surface area contributed by atoms with Gasteiger partial charge in [0, 0.05) is 37.1 Å². The normalized spacial score (nSPS) is 12.5. The number of benzene rings is 1. The Morgan fingerprint density at radius 1 is 1.08 bits per heavy atom. The van der Waals surface area contributed by atoms with Crippen molar-refractivity contribution in [2.24, 2.45) is 0 Å². The fraction of sp³-hybridized carbons (Fsp3) is 0.579. The Morgan fingerprint density at radius 2 is 1.64 bits per heavy atom. The largest absolute Gasteiger partial charge is 0.355 e. The number of nitrogens with one attached hydrogen (secondary N) is 2. The van der Waals surface area contributed by atoms with Crippen molar-refractivity contribution in [3.05, 3.63) is 34.9 Å². The second-order valence-electron chi connectivity index (χ2n) is 6.78. The van der Waals surface area contributed by atoms with Gasteiger partial charge in [0.05, 0.1) is 12.5 Å². The minimum absolute atomic E-state index is 0.0823. The average molecular weight is 368 g/mol. The van der Waals surface area contributed by atoms with Crippen molar-refractivity contribution in [1.29, 1.82) is 0 Å². The number of hydrogen-bond acceptors (Lipinski definition) is 3. The summed E-state index contributed by atoms with van der Waals surface area (Å²) in [5, 5.41) is 6.40. The van der Waals surface area contributed by atoms with E-state index in [2.05, 4.69) is 43.2 Å². The van der Waals surface area contributed by atoms with Gasteiger partial charge in [-0.05, 0) is 45.4 Å². The van der Waals surface area contributed by atoms with E-state index < -0.39 is 0 Å². The second kappa shape index (κ2) is 10.4. The highest BCUT2D eigenvalue weighted by molar-refractivity contribution is 6.30. The first-order valence-electron chi connectivity index (χ1n) is 8.75. The minimum Gasteiger partial charge on any atom is -0.355 e. The van der Waals surface area contributed by atoms with Crippen molar-refractivity contribution in [2.45, 2.75) is 59.2 Å². The first-order chi connectivity index (χ1) is 11.7. The third-order valence-electron chi connectivity index (χ3n) is 4.06. The zero-order valence-corrected chi connectivity index (χ0v) is 16.6. The molecule has 6 heteroatoms. The molecule has 140 valence electrons. The molecular weight excluding hydrogens is 338 g/mol. The molecule has 1 atom stereocenters. The number of carbonyl (C=O) groups excluding carboxylic acids is 2. The van der Waals surface area contributed by atoms with Crippen molar-refractivity contribution in [3.63, 3.8) is 0 Å². The Hall–Kier alpha value is -1.59. The van der Waals surface area contributed by atoms with E-state index in [-0.39, 0.29) is 24.3 Å². The summed E-state index contributed by atoms with van der Waals surface area (Å²) in [6.45, 7) is 11.4. The van der Waals surface area contributed by atoms with Crippen LogP contribution in [0.2, 0.25) is 5.02 Å². The maximum Gasteiger partial charge on any atom is 0.222 e. The summed E-state index contributed by atoms with van der Waals surface area (Å²) >= 11 is 5.91. The molecule has 0 saturated carbocycles. The predicted octanol–water partition coefficient (Wildman–Crippen LogP) is 3.14. The van der Waals surface area contributed by atoms with Crippen LogP contribution in [0.4, 0.5) is 0 Å². The van der Waals surface area contributed by atoms with E-state index in [4.69, 9.17) is 11.6 Å². The van der Waals surface area contributed by atoms with Crippen molar-refractivity contribution >= 4 is 23.4 Å². The van der Waals surface area contributed by atoms with E-state index in [1.165, 1.54) is 6.92 Å². The smallest absolute Gasteiger partial charge is 0.222 e. The second-order valence-corrected chi connectivity index (χ2v) is 7.22. The van der Waals surface area contributed by atoms with Gasteiger partial charge in [0.15, 0.2) is 0 Å². The highest BCUT2D eigenvalue weighted by atomic mass is 35.5. The molecule has 0 aromatic heterocycles. The van der Waals surface area contributed by atoms with Gasteiger partial charge >= 0.3 is 0 Å². The zero-order valence-electron chi connectivity index (χ0n) is 15.8. The lowest BCUT2D eigenvalue weighted by molar-refractivity contribution is -0.122. The molecule has 1 rings (SSSR count). The summed E-state index contributed by atoms with van der Waals surface area (Å²) < 4.78 is 0. The molecule has 0 bridgehead atoms. The maximum atomic E-state index is 12.3. The molecule has 1 aromatic carbocycles. The van der Waals surface area contributed by atoms with Crippen molar-refractivity contribution in [3.8, 4) is 0 Å². The quantitative estimate of drug-likeness (QED) is 0.704. The summed E-state index contributed by atoms with van der Waals surface area (Å²) in [7, 11) is 0. The summed E-state index contributed by atoms with van der Waals surface area (Å²) in [6.07, 6.45) is 0.199. The van der Waals surface area contributed by atoms with E-state index >= 15 is 0 Å². The molecule has 2 amide bonds. The number of carbonyl (C=O) groups is 2. The van der Waals surface area contributed by atoms with Crippen molar-refractivity contribution in [1.82, 2.24) is 15.5 Å². The molecule has 0 heterocycles. The summed E-state index contributed by atoms with van der Waals surface area (Å²) in [5.41, 5.74) is 0.862. The van der Waals surface area contributed by atoms with Gasteiger partial charge in [-0.25, -0.2) is 0 Å². The van der Waals surface area contributed by atoms with E-state index in [1.54, 1.807) is 12.1 Å². The SMILES string of the molecule is CC(=O)NC(CC(=O)NCCN(C(C)C)C(C)C)c1ccc(Cl)cc1. The maximum absolute atomic E-state index is 12.3. The van der Waals surface area contributed by atoms with Gasteiger partial charge in [-0.2, -0.15) is 0 Å². The van der Waals surface area contributed by atoms with E-state index in [9.17, 15) is 9.59 Å². The Kier molecular flexibility index (Phi) is 8.93. The Morgan fingerprint density at radius 3 is 2.12 bits per heavy atom. The molecule has 5 nitrogen and oxygen atoms in total. The molecule has 1 unspecified atom stereocenters. The fourth-order valence-corrected chi connectivity index (χ4v) is 3.01.